The monoisotopic (exact) mass is 214 g/mol. The van der Waals surface area contributed by atoms with Gasteiger partial charge in [-0.1, -0.05) is 70.6 Å². The predicted octanol–water partition coefficient (Wildman–Crippen LogP) is 5.41. The van der Waals surface area contributed by atoms with Crippen LogP contribution in [0.2, 0.25) is 0 Å². The molecule has 0 bridgehead atoms. The Bertz CT molecular complexity index is 106. The van der Waals surface area contributed by atoms with Crippen molar-refractivity contribution in [2.45, 2.75) is 89.6 Å². The Kier molecular flexibility index (Phi) is 7.95. The number of halogens is 1. The van der Waals surface area contributed by atoms with E-state index in [0.717, 1.165) is 25.7 Å². The van der Waals surface area contributed by atoms with Crippen LogP contribution in [0, 0.1) is 0 Å². The van der Waals surface area contributed by atoms with E-state index in [2.05, 4.69) is 0 Å². The zero-order valence-corrected chi connectivity index (χ0v) is 10.1. The van der Waals surface area contributed by atoms with Gasteiger partial charge in [0.2, 0.25) is 0 Å². The van der Waals surface area contributed by atoms with Crippen molar-refractivity contribution in [1.82, 2.24) is 0 Å². The lowest BCUT2D eigenvalue weighted by molar-refractivity contribution is 0.301. The summed E-state index contributed by atoms with van der Waals surface area (Å²) in [5.74, 6) is 0. The molecule has 0 aromatic carbocycles. The predicted molar refractivity (Wildman–Crippen MR) is 64.9 cm³/mol. The first-order valence-corrected chi connectivity index (χ1v) is 7.03. The molecule has 0 aromatic heterocycles. The van der Waals surface area contributed by atoms with E-state index in [-0.39, 0.29) is 0 Å². The standard InChI is InChI=1S/C7H13F.C7H14/c8-7-5-3-1-2-4-6-7;1-2-4-6-7-5-3-1/h7H,1-6H2;1-7H2. The van der Waals surface area contributed by atoms with Crippen LogP contribution in [0.15, 0.2) is 0 Å². The van der Waals surface area contributed by atoms with Crippen molar-refractivity contribution in [3.8, 4) is 0 Å². The summed E-state index contributed by atoms with van der Waals surface area (Å²) in [7, 11) is 0. The van der Waals surface area contributed by atoms with Gasteiger partial charge in [0, 0.05) is 0 Å². The summed E-state index contributed by atoms with van der Waals surface area (Å²) in [5, 5.41) is 0. The van der Waals surface area contributed by atoms with Gasteiger partial charge in [0.15, 0.2) is 0 Å². The highest BCUT2D eigenvalue weighted by Gasteiger charge is 2.08. The smallest absolute Gasteiger partial charge is 0.100 e. The van der Waals surface area contributed by atoms with Crippen molar-refractivity contribution in [1.29, 1.82) is 0 Å². The van der Waals surface area contributed by atoms with Crippen LogP contribution in [-0.4, -0.2) is 6.17 Å². The molecule has 2 fully saturated rings. The average molecular weight is 214 g/mol. The molecule has 2 aliphatic rings. The fourth-order valence-electron chi connectivity index (χ4n) is 2.47. The van der Waals surface area contributed by atoms with Gasteiger partial charge in [-0.25, -0.2) is 4.39 Å². The van der Waals surface area contributed by atoms with Crippen LogP contribution in [0.4, 0.5) is 4.39 Å². The maximum absolute atomic E-state index is 12.4. The second kappa shape index (κ2) is 9.18. The maximum Gasteiger partial charge on any atom is 0.100 e. The Labute approximate surface area is 94.6 Å². The number of hydrogen-bond acceptors (Lipinski definition) is 0. The lowest BCUT2D eigenvalue weighted by Crippen LogP contribution is -1.94. The molecule has 0 heterocycles. The molecule has 0 saturated heterocycles. The highest BCUT2D eigenvalue weighted by atomic mass is 19.1. The largest absolute Gasteiger partial charge is 0.247 e. The van der Waals surface area contributed by atoms with E-state index >= 15 is 0 Å². The minimum Gasteiger partial charge on any atom is -0.247 e. The Morgan fingerprint density at radius 3 is 1.07 bits per heavy atom. The molecular formula is C14H27F. The molecule has 90 valence electrons. The second-order valence-electron chi connectivity index (χ2n) is 5.06. The summed E-state index contributed by atoms with van der Waals surface area (Å²) in [6, 6.07) is 0. The minimum absolute atomic E-state index is 0.475. The third-order valence-electron chi connectivity index (χ3n) is 3.53. The van der Waals surface area contributed by atoms with Gasteiger partial charge in [0.05, 0.1) is 0 Å². The van der Waals surface area contributed by atoms with Crippen LogP contribution in [0.5, 0.6) is 0 Å². The third-order valence-corrected chi connectivity index (χ3v) is 3.53. The summed E-state index contributed by atoms with van der Waals surface area (Å²) < 4.78 is 12.4. The zero-order valence-electron chi connectivity index (χ0n) is 10.1. The van der Waals surface area contributed by atoms with Gasteiger partial charge in [0.25, 0.3) is 0 Å². The first kappa shape index (κ1) is 13.0. The quantitative estimate of drug-likeness (QED) is 0.473. The normalized spacial score (nSPS) is 24.6. The van der Waals surface area contributed by atoms with Crippen molar-refractivity contribution in [3.63, 3.8) is 0 Å². The van der Waals surface area contributed by atoms with Crippen molar-refractivity contribution >= 4 is 0 Å². The van der Waals surface area contributed by atoms with E-state index in [1.807, 2.05) is 0 Å². The Morgan fingerprint density at radius 2 is 0.733 bits per heavy atom. The van der Waals surface area contributed by atoms with Gasteiger partial charge < -0.3 is 0 Å². The topological polar surface area (TPSA) is 0 Å². The van der Waals surface area contributed by atoms with E-state index < -0.39 is 6.17 Å². The Balaban J connectivity index is 0.000000151. The van der Waals surface area contributed by atoms with Gasteiger partial charge in [-0.2, -0.15) is 0 Å². The van der Waals surface area contributed by atoms with Gasteiger partial charge >= 0.3 is 0 Å². The van der Waals surface area contributed by atoms with Crippen molar-refractivity contribution in [2.75, 3.05) is 0 Å². The molecule has 0 spiro atoms. The van der Waals surface area contributed by atoms with Crippen molar-refractivity contribution in [3.05, 3.63) is 0 Å². The molecule has 0 radical (unpaired) electrons. The van der Waals surface area contributed by atoms with E-state index in [9.17, 15) is 4.39 Å². The van der Waals surface area contributed by atoms with E-state index in [4.69, 9.17) is 0 Å². The van der Waals surface area contributed by atoms with Gasteiger partial charge in [-0.05, 0) is 12.8 Å². The van der Waals surface area contributed by atoms with Crippen LogP contribution in [0.25, 0.3) is 0 Å². The number of alkyl halides is 1. The molecule has 0 aliphatic heterocycles. The third kappa shape index (κ3) is 7.81. The first-order valence-electron chi connectivity index (χ1n) is 7.03. The van der Waals surface area contributed by atoms with Crippen LogP contribution in [0.1, 0.15) is 83.5 Å². The molecule has 15 heavy (non-hydrogen) atoms. The number of hydrogen-bond donors (Lipinski definition) is 0. The van der Waals surface area contributed by atoms with Crippen molar-refractivity contribution < 1.29 is 4.39 Å². The SMILES string of the molecule is C1CCCCCC1.FC1CCCCCC1. The zero-order chi connectivity index (χ0) is 10.8. The van der Waals surface area contributed by atoms with Crippen LogP contribution < -0.4 is 0 Å². The summed E-state index contributed by atoms with van der Waals surface area (Å²) in [5.41, 5.74) is 0. The fourth-order valence-corrected chi connectivity index (χ4v) is 2.47. The molecule has 2 saturated carbocycles. The molecule has 0 amide bonds. The molecule has 0 N–H and O–H groups in total. The molecule has 0 atom stereocenters. The van der Waals surface area contributed by atoms with Crippen LogP contribution in [-0.2, 0) is 0 Å². The Hall–Kier alpha value is -0.0700. The lowest BCUT2D eigenvalue weighted by Gasteiger charge is -1.98. The second-order valence-corrected chi connectivity index (χ2v) is 5.06. The first-order chi connectivity index (χ1) is 7.39. The fraction of sp³-hybridized carbons (Fsp3) is 1.00. The maximum atomic E-state index is 12.4. The van der Waals surface area contributed by atoms with E-state index in [1.54, 1.807) is 0 Å². The molecular weight excluding hydrogens is 187 g/mol. The van der Waals surface area contributed by atoms with Gasteiger partial charge in [0.1, 0.15) is 6.17 Å². The van der Waals surface area contributed by atoms with Crippen molar-refractivity contribution in [2.24, 2.45) is 0 Å². The van der Waals surface area contributed by atoms with Gasteiger partial charge in [-0.3, -0.25) is 0 Å². The molecule has 1 heteroatoms. The number of rotatable bonds is 0. The molecule has 0 nitrogen and oxygen atoms in total. The van der Waals surface area contributed by atoms with Crippen LogP contribution >= 0.6 is 0 Å². The summed E-state index contributed by atoms with van der Waals surface area (Å²) >= 11 is 0. The summed E-state index contributed by atoms with van der Waals surface area (Å²) in [6.07, 6.45) is 16.4. The molecule has 2 rings (SSSR count). The highest BCUT2D eigenvalue weighted by Crippen LogP contribution is 2.19. The molecule has 2 aliphatic carbocycles. The average Bonchev–Trinajstić information content (AvgIpc) is 2.64. The van der Waals surface area contributed by atoms with E-state index in [1.165, 1.54) is 57.8 Å². The van der Waals surface area contributed by atoms with E-state index in [0.29, 0.717) is 0 Å². The molecule has 0 unspecified atom stereocenters. The lowest BCUT2D eigenvalue weighted by atomic mass is 10.2. The summed E-state index contributed by atoms with van der Waals surface area (Å²) in [4.78, 5) is 0. The van der Waals surface area contributed by atoms with Crippen LogP contribution in [0.3, 0.4) is 0 Å². The van der Waals surface area contributed by atoms with Gasteiger partial charge in [-0.15, -0.1) is 0 Å². The highest BCUT2D eigenvalue weighted by molar-refractivity contribution is 4.61. The summed E-state index contributed by atoms with van der Waals surface area (Å²) in [6.45, 7) is 0. The Morgan fingerprint density at radius 1 is 0.467 bits per heavy atom. The molecule has 0 aromatic rings. The minimum atomic E-state index is -0.475.